The summed E-state index contributed by atoms with van der Waals surface area (Å²) in [5.41, 5.74) is 1.21. The molecule has 1 unspecified atom stereocenters. The third kappa shape index (κ3) is 5.16. The predicted molar refractivity (Wildman–Crippen MR) is 84.9 cm³/mol. The average Bonchev–Trinajstić information content (AvgIpc) is 3.34. The van der Waals surface area contributed by atoms with Crippen LogP contribution in [0.3, 0.4) is 0 Å². The maximum Gasteiger partial charge on any atom is 0.223 e. The van der Waals surface area contributed by atoms with E-state index < -0.39 is 0 Å². The van der Waals surface area contributed by atoms with E-state index in [1.165, 1.54) is 18.4 Å². The molecule has 0 bridgehead atoms. The molecule has 1 atom stereocenters. The van der Waals surface area contributed by atoms with E-state index in [1.54, 1.807) is 0 Å². The number of benzene rings is 1. The van der Waals surface area contributed by atoms with Gasteiger partial charge in [0.1, 0.15) is 0 Å². The second-order valence-electron chi connectivity index (χ2n) is 5.89. The first-order valence-corrected chi connectivity index (χ1v) is 8.13. The van der Waals surface area contributed by atoms with Gasteiger partial charge in [-0.25, -0.2) is 0 Å². The smallest absolute Gasteiger partial charge is 0.223 e. The second-order valence-corrected chi connectivity index (χ2v) is 5.89. The van der Waals surface area contributed by atoms with Crippen molar-refractivity contribution in [2.45, 2.75) is 52.1 Å². The van der Waals surface area contributed by atoms with E-state index in [0.29, 0.717) is 25.0 Å². The number of nitrogens with zero attached hydrogens (tertiary/aromatic N) is 1. The lowest BCUT2D eigenvalue weighted by molar-refractivity contribution is -0.134. The molecule has 0 spiro atoms. The zero-order chi connectivity index (χ0) is 15.1. The van der Waals surface area contributed by atoms with Gasteiger partial charge in [-0.15, -0.1) is 0 Å². The number of rotatable bonds is 9. The molecule has 0 aliphatic heterocycles. The Morgan fingerprint density at radius 2 is 2.05 bits per heavy atom. The topological polar surface area (TPSA) is 29.5 Å². The van der Waals surface area contributed by atoms with E-state index in [0.717, 1.165) is 19.6 Å². The summed E-state index contributed by atoms with van der Waals surface area (Å²) in [6.45, 7) is 6.31. The van der Waals surface area contributed by atoms with Gasteiger partial charge >= 0.3 is 0 Å². The van der Waals surface area contributed by atoms with E-state index in [2.05, 4.69) is 24.0 Å². The fraction of sp³-hybridized carbons (Fsp3) is 0.611. The molecule has 0 saturated heterocycles. The van der Waals surface area contributed by atoms with Crippen molar-refractivity contribution in [1.82, 2.24) is 4.90 Å². The molecular formula is C18H27NO2. The first-order chi connectivity index (χ1) is 10.2. The van der Waals surface area contributed by atoms with Crippen LogP contribution in [0.1, 0.15) is 45.1 Å². The van der Waals surface area contributed by atoms with Crippen LogP contribution in [0.25, 0.3) is 0 Å². The largest absolute Gasteiger partial charge is 0.382 e. The number of carbonyl (C=O) groups excluding carboxylic acids is 1. The highest BCUT2D eigenvalue weighted by Gasteiger charge is 2.33. The van der Waals surface area contributed by atoms with Gasteiger partial charge in [0.05, 0.1) is 0 Å². The van der Waals surface area contributed by atoms with E-state index in [9.17, 15) is 4.79 Å². The predicted octanol–water partition coefficient (Wildman–Crippen LogP) is 3.63. The van der Waals surface area contributed by atoms with Crippen LogP contribution in [0.4, 0.5) is 0 Å². The number of carbonyl (C=O) groups is 1. The lowest BCUT2D eigenvalue weighted by atomic mass is 10.1. The van der Waals surface area contributed by atoms with Gasteiger partial charge in [0.2, 0.25) is 5.91 Å². The molecule has 116 valence electrons. The standard InChI is InChI=1S/C18H27NO2/c1-3-21-13-7-10-18(20)19(15(2)17-11-12-17)14-16-8-5-4-6-9-16/h4-6,8-9,15,17H,3,7,10-14H2,1-2H3. The summed E-state index contributed by atoms with van der Waals surface area (Å²) in [5.74, 6) is 0.961. The van der Waals surface area contributed by atoms with Gasteiger partial charge in [-0.1, -0.05) is 30.3 Å². The maximum atomic E-state index is 12.6. The summed E-state index contributed by atoms with van der Waals surface area (Å²) in [5, 5.41) is 0. The van der Waals surface area contributed by atoms with Crippen LogP contribution in [-0.2, 0) is 16.1 Å². The Balaban J connectivity index is 1.93. The first kappa shape index (κ1) is 16.0. The zero-order valence-electron chi connectivity index (χ0n) is 13.3. The number of hydrogen-bond donors (Lipinski definition) is 0. The van der Waals surface area contributed by atoms with Crippen molar-refractivity contribution in [2.24, 2.45) is 5.92 Å². The lowest BCUT2D eigenvalue weighted by Gasteiger charge is -2.30. The van der Waals surface area contributed by atoms with Gasteiger partial charge in [0.25, 0.3) is 0 Å². The molecule has 1 aliphatic carbocycles. The van der Waals surface area contributed by atoms with Crippen molar-refractivity contribution in [3.05, 3.63) is 35.9 Å². The van der Waals surface area contributed by atoms with E-state index >= 15 is 0 Å². The molecule has 1 aliphatic rings. The lowest BCUT2D eigenvalue weighted by Crippen LogP contribution is -2.39. The molecule has 1 aromatic rings. The summed E-state index contributed by atoms with van der Waals surface area (Å²) >= 11 is 0. The molecule has 1 fully saturated rings. The highest BCUT2D eigenvalue weighted by Crippen LogP contribution is 2.36. The van der Waals surface area contributed by atoms with Gasteiger partial charge < -0.3 is 9.64 Å². The summed E-state index contributed by atoms with van der Waals surface area (Å²) in [6.07, 6.45) is 3.93. The zero-order valence-corrected chi connectivity index (χ0v) is 13.3. The number of hydrogen-bond acceptors (Lipinski definition) is 2. The Kier molecular flexibility index (Phi) is 6.24. The fourth-order valence-electron chi connectivity index (χ4n) is 2.69. The third-order valence-electron chi connectivity index (χ3n) is 4.20. The monoisotopic (exact) mass is 289 g/mol. The van der Waals surface area contributed by atoms with Crippen molar-refractivity contribution >= 4 is 5.91 Å². The summed E-state index contributed by atoms with van der Waals surface area (Å²) in [4.78, 5) is 14.6. The van der Waals surface area contributed by atoms with Crippen LogP contribution in [0.5, 0.6) is 0 Å². The molecule has 2 rings (SSSR count). The highest BCUT2D eigenvalue weighted by molar-refractivity contribution is 5.76. The van der Waals surface area contributed by atoms with Crippen LogP contribution < -0.4 is 0 Å². The van der Waals surface area contributed by atoms with Gasteiger partial charge in [-0.05, 0) is 44.6 Å². The second kappa shape index (κ2) is 8.18. The van der Waals surface area contributed by atoms with E-state index in [4.69, 9.17) is 4.74 Å². The molecule has 0 radical (unpaired) electrons. The van der Waals surface area contributed by atoms with Gasteiger partial charge in [-0.3, -0.25) is 4.79 Å². The molecule has 21 heavy (non-hydrogen) atoms. The first-order valence-electron chi connectivity index (χ1n) is 8.13. The molecule has 3 nitrogen and oxygen atoms in total. The Hall–Kier alpha value is -1.35. The molecule has 1 amide bonds. The Morgan fingerprint density at radius 3 is 2.67 bits per heavy atom. The van der Waals surface area contributed by atoms with Crippen molar-refractivity contribution < 1.29 is 9.53 Å². The van der Waals surface area contributed by atoms with Gasteiger partial charge in [0, 0.05) is 32.2 Å². The van der Waals surface area contributed by atoms with Crippen molar-refractivity contribution in [2.75, 3.05) is 13.2 Å². The normalized spacial score (nSPS) is 15.7. The molecule has 1 aromatic carbocycles. The van der Waals surface area contributed by atoms with Crippen molar-refractivity contribution in [3.63, 3.8) is 0 Å². The quantitative estimate of drug-likeness (QED) is 0.650. The molecule has 1 saturated carbocycles. The van der Waals surface area contributed by atoms with Crippen LogP contribution in [-0.4, -0.2) is 30.1 Å². The minimum atomic E-state index is 0.262. The SMILES string of the molecule is CCOCCCC(=O)N(Cc1ccccc1)C(C)C1CC1. The Morgan fingerprint density at radius 1 is 1.33 bits per heavy atom. The maximum absolute atomic E-state index is 12.6. The summed E-state index contributed by atoms with van der Waals surface area (Å²) in [7, 11) is 0. The highest BCUT2D eigenvalue weighted by atomic mass is 16.5. The fourth-order valence-corrected chi connectivity index (χ4v) is 2.69. The van der Waals surface area contributed by atoms with Gasteiger partial charge in [-0.2, -0.15) is 0 Å². The number of ether oxygens (including phenoxy) is 1. The average molecular weight is 289 g/mol. The van der Waals surface area contributed by atoms with E-state index in [-0.39, 0.29) is 5.91 Å². The molecular weight excluding hydrogens is 262 g/mol. The molecule has 0 heterocycles. The van der Waals surface area contributed by atoms with E-state index in [1.807, 2.05) is 25.1 Å². The van der Waals surface area contributed by atoms with Crippen LogP contribution in [0.2, 0.25) is 0 Å². The Labute approximate surface area is 128 Å². The molecule has 0 aromatic heterocycles. The summed E-state index contributed by atoms with van der Waals surface area (Å²) in [6, 6.07) is 10.6. The van der Waals surface area contributed by atoms with Crippen molar-refractivity contribution in [1.29, 1.82) is 0 Å². The Bertz CT molecular complexity index is 428. The third-order valence-corrected chi connectivity index (χ3v) is 4.20. The van der Waals surface area contributed by atoms with Crippen LogP contribution >= 0.6 is 0 Å². The van der Waals surface area contributed by atoms with Crippen LogP contribution in [0, 0.1) is 5.92 Å². The molecule has 3 heteroatoms. The van der Waals surface area contributed by atoms with Crippen molar-refractivity contribution in [3.8, 4) is 0 Å². The van der Waals surface area contributed by atoms with Gasteiger partial charge in [0.15, 0.2) is 0 Å². The summed E-state index contributed by atoms with van der Waals surface area (Å²) < 4.78 is 5.33. The van der Waals surface area contributed by atoms with Crippen LogP contribution in [0.15, 0.2) is 30.3 Å². The minimum Gasteiger partial charge on any atom is -0.382 e. The number of amides is 1. The molecule has 0 N–H and O–H groups in total. The minimum absolute atomic E-state index is 0.262.